The molecule has 0 fully saturated rings. The Kier molecular flexibility index (Phi) is 6.76. The Morgan fingerprint density at radius 3 is 2.50 bits per heavy atom. The average molecular weight is 569 g/mol. The van der Waals surface area contributed by atoms with E-state index in [2.05, 4.69) is 42.3 Å². The maximum atomic E-state index is 12.7. The molecule has 0 spiro atoms. The molecule has 4 aromatic rings. The molecular formula is C23H18Br2F3N3O. The van der Waals surface area contributed by atoms with Crippen molar-refractivity contribution in [2.45, 2.75) is 12.7 Å². The van der Waals surface area contributed by atoms with Crippen LogP contribution in [-0.2, 0) is 6.54 Å². The van der Waals surface area contributed by atoms with Crippen LogP contribution in [0.4, 0.5) is 19.0 Å². The Bertz CT molecular complexity index is 1230. The molecule has 4 rings (SSSR count). The van der Waals surface area contributed by atoms with Gasteiger partial charge < -0.3 is 10.1 Å². The molecule has 0 radical (unpaired) electrons. The number of hydrogen-bond acceptors (Lipinski definition) is 3. The molecule has 0 saturated heterocycles. The van der Waals surface area contributed by atoms with Crippen LogP contribution in [-0.4, -0.2) is 29.1 Å². The normalized spacial score (nSPS) is 11.7. The molecule has 0 bridgehead atoms. The fourth-order valence-electron chi connectivity index (χ4n) is 3.27. The number of hydrogen-bond donors (Lipinski definition) is 1. The van der Waals surface area contributed by atoms with Crippen LogP contribution in [0.3, 0.4) is 0 Å². The Hall–Kier alpha value is -2.52. The quantitative estimate of drug-likeness (QED) is 0.254. The van der Waals surface area contributed by atoms with E-state index in [1.54, 1.807) is 6.07 Å². The van der Waals surface area contributed by atoms with E-state index < -0.39 is 12.7 Å². The van der Waals surface area contributed by atoms with Gasteiger partial charge in [-0.1, -0.05) is 58.4 Å². The van der Waals surface area contributed by atoms with Gasteiger partial charge in [0.05, 0.1) is 16.7 Å². The van der Waals surface area contributed by atoms with Crippen molar-refractivity contribution in [1.82, 2.24) is 9.78 Å². The van der Waals surface area contributed by atoms with E-state index in [1.807, 2.05) is 60.7 Å². The molecular weight excluding hydrogens is 551 g/mol. The fraction of sp³-hybridized carbons (Fsp3) is 0.174. The second-order valence-corrected chi connectivity index (χ2v) is 8.77. The molecule has 4 nitrogen and oxygen atoms in total. The zero-order valence-corrected chi connectivity index (χ0v) is 19.8. The zero-order chi connectivity index (χ0) is 22.7. The van der Waals surface area contributed by atoms with Crippen molar-refractivity contribution >= 4 is 48.5 Å². The monoisotopic (exact) mass is 567 g/mol. The highest BCUT2D eigenvalue weighted by Gasteiger charge is 2.27. The summed E-state index contributed by atoms with van der Waals surface area (Å²) in [5.74, 6) is 0.937. The topological polar surface area (TPSA) is 39.1 Å². The van der Waals surface area contributed by atoms with Crippen LogP contribution >= 0.6 is 31.9 Å². The number of fused-ring (bicyclic) bond motifs is 1. The molecule has 0 aliphatic rings. The molecule has 166 valence electrons. The first-order valence-corrected chi connectivity index (χ1v) is 11.3. The van der Waals surface area contributed by atoms with Gasteiger partial charge in [0.2, 0.25) is 0 Å². The van der Waals surface area contributed by atoms with E-state index in [0.29, 0.717) is 11.4 Å². The lowest BCUT2D eigenvalue weighted by atomic mass is 10.1. The van der Waals surface area contributed by atoms with E-state index in [-0.39, 0.29) is 19.0 Å². The third kappa shape index (κ3) is 5.45. The van der Waals surface area contributed by atoms with Crippen LogP contribution in [0, 0.1) is 0 Å². The summed E-state index contributed by atoms with van der Waals surface area (Å²) in [6, 6.07) is 20.7. The van der Waals surface area contributed by atoms with Gasteiger partial charge in [-0.15, -0.1) is 0 Å². The summed E-state index contributed by atoms with van der Waals surface area (Å²) in [5, 5.41) is 8.98. The van der Waals surface area contributed by atoms with Crippen LogP contribution in [0.5, 0.6) is 5.75 Å². The summed E-state index contributed by atoms with van der Waals surface area (Å²) < 4.78 is 47.5. The summed E-state index contributed by atoms with van der Waals surface area (Å²) in [6.07, 6.45) is -4.33. The summed E-state index contributed by atoms with van der Waals surface area (Å²) in [7, 11) is 0. The number of ether oxygens (including phenoxy) is 1. The largest absolute Gasteiger partial charge is 0.490 e. The highest BCUT2D eigenvalue weighted by Crippen LogP contribution is 2.34. The first kappa shape index (κ1) is 22.7. The maximum Gasteiger partial charge on any atom is 0.405 e. The summed E-state index contributed by atoms with van der Waals surface area (Å²) >= 11 is 7.05. The molecule has 32 heavy (non-hydrogen) atoms. The summed E-state index contributed by atoms with van der Waals surface area (Å²) in [5.41, 5.74) is 1.42. The van der Waals surface area contributed by atoms with Gasteiger partial charge in [0.1, 0.15) is 24.7 Å². The van der Waals surface area contributed by atoms with Crippen molar-refractivity contribution in [1.29, 1.82) is 0 Å². The van der Waals surface area contributed by atoms with Crippen molar-refractivity contribution < 1.29 is 17.9 Å². The van der Waals surface area contributed by atoms with Gasteiger partial charge in [0, 0.05) is 16.1 Å². The minimum Gasteiger partial charge on any atom is -0.490 e. The summed E-state index contributed by atoms with van der Waals surface area (Å²) in [6.45, 7) is -0.630. The smallest absolute Gasteiger partial charge is 0.405 e. The van der Waals surface area contributed by atoms with Gasteiger partial charge in [0.15, 0.2) is 0 Å². The highest BCUT2D eigenvalue weighted by molar-refractivity contribution is 9.11. The lowest BCUT2D eigenvalue weighted by Crippen LogP contribution is -2.23. The number of anilines is 1. The number of aromatic nitrogens is 2. The fourth-order valence-corrected chi connectivity index (χ4v) is 4.25. The Labute approximate surface area is 199 Å². The molecule has 1 aromatic heterocycles. The SMILES string of the molecule is FC(F)(F)CNc1cc(-c2ccccc2)nn1CCOc1ccc2cc(Br)ccc2c1Br. The molecule has 0 saturated carbocycles. The maximum absolute atomic E-state index is 12.7. The Morgan fingerprint density at radius 2 is 1.75 bits per heavy atom. The van der Waals surface area contributed by atoms with Crippen LogP contribution in [0.15, 0.2) is 75.7 Å². The van der Waals surface area contributed by atoms with Gasteiger partial charge in [-0.2, -0.15) is 18.3 Å². The van der Waals surface area contributed by atoms with E-state index in [4.69, 9.17) is 4.74 Å². The van der Waals surface area contributed by atoms with Gasteiger partial charge in [0.25, 0.3) is 0 Å². The summed E-state index contributed by atoms with van der Waals surface area (Å²) in [4.78, 5) is 0. The minimum atomic E-state index is -4.33. The van der Waals surface area contributed by atoms with Crippen molar-refractivity contribution in [2.75, 3.05) is 18.5 Å². The lowest BCUT2D eigenvalue weighted by molar-refractivity contribution is -0.115. The second kappa shape index (κ2) is 9.54. The van der Waals surface area contributed by atoms with Crippen molar-refractivity contribution in [3.63, 3.8) is 0 Å². The van der Waals surface area contributed by atoms with E-state index >= 15 is 0 Å². The number of nitrogens with zero attached hydrogens (tertiary/aromatic N) is 2. The molecule has 0 atom stereocenters. The molecule has 3 aromatic carbocycles. The third-order valence-electron chi connectivity index (χ3n) is 4.76. The molecule has 1 heterocycles. The number of benzene rings is 3. The Balaban J connectivity index is 1.51. The molecule has 1 N–H and O–H groups in total. The van der Waals surface area contributed by atoms with Gasteiger partial charge in [-0.05, 0) is 44.9 Å². The first-order valence-electron chi connectivity index (χ1n) is 9.75. The van der Waals surface area contributed by atoms with E-state index in [0.717, 1.165) is 25.3 Å². The minimum absolute atomic E-state index is 0.233. The van der Waals surface area contributed by atoms with Crippen LogP contribution < -0.4 is 10.1 Å². The van der Waals surface area contributed by atoms with Gasteiger partial charge in [-0.3, -0.25) is 0 Å². The van der Waals surface area contributed by atoms with Crippen molar-refractivity contribution in [3.05, 3.63) is 75.7 Å². The molecule has 9 heteroatoms. The van der Waals surface area contributed by atoms with Crippen molar-refractivity contribution in [3.8, 4) is 17.0 Å². The highest BCUT2D eigenvalue weighted by atomic mass is 79.9. The molecule has 0 aliphatic carbocycles. The number of rotatable bonds is 7. The predicted octanol–water partition coefficient (Wildman–Crippen LogP) is 7.28. The first-order chi connectivity index (χ1) is 15.3. The van der Waals surface area contributed by atoms with Gasteiger partial charge >= 0.3 is 6.18 Å². The Morgan fingerprint density at radius 1 is 0.969 bits per heavy atom. The van der Waals surface area contributed by atoms with Gasteiger partial charge in [-0.25, -0.2) is 4.68 Å². The van der Waals surface area contributed by atoms with Crippen LogP contribution in [0.25, 0.3) is 22.0 Å². The van der Waals surface area contributed by atoms with E-state index in [9.17, 15) is 13.2 Å². The lowest BCUT2D eigenvalue weighted by Gasteiger charge is -2.13. The van der Waals surface area contributed by atoms with Crippen molar-refractivity contribution in [2.24, 2.45) is 0 Å². The average Bonchev–Trinajstić information content (AvgIpc) is 3.17. The predicted molar refractivity (Wildman–Crippen MR) is 127 cm³/mol. The van der Waals surface area contributed by atoms with Crippen LogP contribution in [0.1, 0.15) is 0 Å². The molecule has 0 unspecified atom stereocenters. The number of nitrogens with one attached hydrogen (secondary N) is 1. The molecule has 0 aliphatic heterocycles. The third-order valence-corrected chi connectivity index (χ3v) is 6.07. The van der Waals surface area contributed by atoms with Crippen LogP contribution in [0.2, 0.25) is 0 Å². The second-order valence-electron chi connectivity index (χ2n) is 7.06. The standard InChI is InChI=1S/C23H18Br2F3N3O/c24-17-7-8-18-16(12-17)6-9-20(22(18)25)32-11-10-31-21(29-14-23(26,27)28)13-19(30-31)15-4-2-1-3-5-15/h1-9,12-13,29H,10-11,14H2. The zero-order valence-electron chi connectivity index (χ0n) is 16.7. The number of alkyl halides is 3. The van der Waals surface area contributed by atoms with E-state index in [1.165, 1.54) is 4.68 Å². The molecule has 0 amide bonds. The number of halogens is 5.